The van der Waals surface area contributed by atoms with Gasteiger partial charge in [-0.05, 0) is 18.4 Å². The summed E-state index contributed by atoms with van der Waals surface area (Å²) in [5.74, 6) is -0.0793. The monoisotopic (exact) mass is 371 g/mol. The highest BCUT2D eigenvalue weighted by Crippen LogP contribution is 2.17. The summed E-state index contributed by atoms with van der Waals surface area (Å²) in [4.78, 5) is 29.9. The third-order valence-corrected chi connectivity index (χ3v) is 4.66. The Hall–Kier alpha value is -2.90. The molecule has 1 aliphatic rings. The van der Waals surface area contributed by atoms with Crippen molar-refractivity contribution in [2.45, 2.75) is 44.7 Å². The number of carbonyl (C=O) groups excluding carboxylic acids is 2. The first-order valence-corrected chi connectivity index (χ1v) is 9.28. The van der Waals surface area contributed by atoms with Crippen LogP contribution in [0.4, 0.5) is 4.79 Å². The van der Waals surface area contributed by atoms with E-state index in [2.05, 4.69) is 20.8 Å². The van der Waals surface area contributed by atoms with Gasteiger partial charge in [0.2, 0.25) is 0 Å². The molecule has 27 heavy (non-hydrogen) atoms. The van der Waals surface area contributed by atoms with Gasteiger partial charge in [-0.3, -0.25) is 4.79 Å². The molecule has 0 unspecified atom stereocenters. The van der Waals surface area contributed by atoms with Crippen molar-refractivity contribution < 1.29 is 14.1 Å². The first-order valence-electron chi connectivity index (χ1n) is 9.28. The van der Waals surface area contributed by atoms with Crippen LogP contribution >= 0.6 is 0 Å². The minimum atomic E-state index is -0.412. The van der Waals surface area contributed by atoms with Gasteiger partial charge in [-0.1, -0.05) is 48.3 Å². The molecule has 1 aliphatic carbocycles. The van der Waals surface area contributed by atoms with Gasteiger partial charge in [0.15, 0.2) is 5.82 Å². The molecule has 2 aromatic rings. The Bertz CT molecular complexity index is 756. The highest BCUT2D eigenvalue weighted by atomic mass is 16.5. The Morgan fingerprint density at radius 2 is 1.96 bits per heavy atom. The van der Waals surface area contributed by atoms with Crippen LogP contribution in [-0.4, -0.2) is 46.6 Å². The molecule has 0 spiro atoms. The molecule has 0 atom stereocenters. The number of hydrogen-bond donors (Lipinski definition) is 2. The van der Waals surface area contributed by atoms with Crippen molar-refractivity contribution in [2.24, 2.45) is 0 Å². The Balaban J connectivity index is 1.43. The maximum Gasteiger partial charge on any atom is 0.317 e. The molecule has 2 N–H and O–H groups in total. The van der Waals surface area contributed by atoms with E-state index in [0.29, 0.717) is 25.3 Å². The number of aromatic nitrogens is 2. The molecular weight excluding hydrogens is 346 g/mol. The lowest BCUT2D eigenvalue weighted by molar-refractivity contribution is 0.0907. The molecule has 1 saturated carbocycles. The van der Waals surface area contributed by atoms with Gasteiger partial charge in [-0.25, -0.2) is 4.79 Å². The van der Waals surface area contributed by atoms with E-state index in [1.54, 1.807) is 11.9 Å². The van der Waals surface area contributed by atoms with Gasteiger partial charge in [0.05, 0.1) is 0 Å². The summed E-state index contributed by atoms with van der Waals surface area (Å²) in [5.41, 5.74) is 0.987. The minimum absolute atomic E-state index is 0.0704. The van der Waals surface area contributed by atoms with Gasteiger partial charge in [0.25, 0.3) is 0 Å². The minimum Gasteiger partial charge on any atom is -0.344 e. The van der Waals surface area contributed by atoms with E-state index < -0.39 is 5.91 Å². The summed E-state index contributed by atoms with van der Waals surface area (Å²) in [6.07, 6.45) is 4.86. The number of nitrogens with one attached hydrogen (secondary N) is 2. The average molecular weight is 371 g/mol. The predicted molar refractivity (Wildman–Crippen MR) is 99.0 cm³/mol. The Labute approximate surface area is 158 Å². The second kappa shape index (κ2) is 9.16. The highest BCUT2D eigenvalue weighted by Gasteiger charge is 2.20. The summed E-state index contributed by atoms with van der Waals surface area (Å²) in [7, 11) is 1.73. The molecule has 1 aromatic carbocycles. The van der Waals surface area contributed by atoms with E-state index in [4.69, 9.17) is 4.52 Å². The molecule has 0 aliphatic heterocycles. The van der Waals surface area contributed by atoms with Crippen LogP contribution in [0.3, 0.4) is 0 Å². The summed E-state index contributed by atoms with van der Waals surface area (Å²) < 4.78 is 5.02. The summed E-state index contributed by atoms with van der Waals surface area (Å²) >= 11 is 0. The number of carbonyl (C=O) groups is 2. The lowest BCUT2D eigenvalue weighted by Gasteiger charge is -2.20. The van der Waals surface area contributed by atoms with Gasteiger partial charge in [0.1, 0.15) is 0 Å². The fourth-order valence-electron chi connectivity index (χ4n) is 3.03. The number of amides is 3. The van der Waals surface area contributed by atoms with Crippen LogP contribution in [0, 0.1) is 0 Å². The molecule has 1 heterocycles. The van der Waals surface area contributed by atoms with Crippen molar-refractivity contribution in [1.82, 2.24) is 25.7 Å². The molecule has 3 amide bonds. The Kier molecular flexibility index (Phi) is 6.40. The number of urea groups is 1. The molecule has 0 radical (unpaired) electrons. The van der Waals surface area contributed by atoms with Crippen molar-refractivity contribution in [2.75, 3.05) is 13.6 Å². The van der Waals surface area contributed by atoms with E-state index in [0.717, 1.165) is 18.4 Å². The second-order valence-electron chi connectivity index (χ2n) is 6.79. The summed E-state index contributed by atoms with van der Waals surface area (Å²) in [5, 5.41) is 9.59. The molecule has 8 nitrogen and oxygen atoms in total. The maximum absolute atomic E-state index is 12.1. The van der Waals surface area contributed by atoms with Crippen molar-refractivity contribution >= 4 is 11.9 Å². The lowest BCUT2D eigenvalue weighted by atomic mass is 10.2. The first kappa shape index (κ1) is 18.9. The fourth-order valence-corrected chi connectivity index (χ4v) is 3.03. The fraction of sp³-hybridized carbons (Fsp3) is 0.474. The van der Waals surface area contributed by atoms with Crippen molar-refractivity contribution in [3.8, 4) is 0 Å². The van der Waals surface area contributed by atoms with Crippen LogP contribution in [0.15, 0.2) is 34.9 Å². The zero-order valence-corrected chi connectivity index (χ0v) is 15.5. The van der Waals surface area contributed by atoms with Gasteiger partial charge in [0, 0.05) is 32.6 Å². The van der Waals surface area contributed by atoms with Crippen LogP contribution in [0.25, 0.3) is 0 Å². The van der Waals surface area contributed by atoms with Crippen molar-refractivity contribution in [3.05, 3.63) is 47.6 Å². The molecule has 0 bridgehead atoms. The third-order valence-electron chi connectivity index (χ3n) is 4.66. The lowest BCUT2D eigenvalue weighted by Crippen LogP contribution is -2.42. The molecule has 1 fully saturated rings. The van der Waals surface area contributed by atoms with Gasteiger partial charge in [-0.15, -0.1) is 0 Å². The van der Waals surface area contributed by atoms with E-state index in [1.807, 2.05) is 30.3 Å². The normalized spacial score (nSPS) is 14.1. The average Bonchev–Trinajstić information content (AvgIpc) is 3.37. The van der Waals surface area contributed by atoms with Crippen LogP contribution in [0.5, 0.6) is 0 Å². The van der Waals surface area contributed by atoms with Gasteiger partial charge >= 0.3 is 17.8 Å². The van der Waals surface area contributed by atoms with E-state index in [9.17, 15) is 9.59 Å². The molecule has 144 valence electrons. The van der Waals surface area contributed by atoms with Crippen molar-refractivity contribution in [1.29, 1.82) is 0 Å². The van der Waals surface area contributed by atoms with Crippen molar-refractivity contribution in [3.63, 3.8) is 0 Å². The SMILES string of the molecule is CN(CCc1noc(C(=O)NCc2ccccc2)n1)C(=O)NC1CCCC1. The van der Waals surface area contributed by atoms with Crippen LogP contribution in [0.2, 0.25) is 0 Å². The Morgan fingerprint density at radius 3 is 2.70 bits per heavy atom. The molecule has 3 rings (SSSR count). The zero-order chi connectivity index (χ0) is 19.1. The molecule has 8 heteroatoms. The third kappa shape index (κ3) is 5.54. The van der Waals surface area contributed by atoms with Crippen LogP contribution in [-0.2, 0) is 13.0 Å². The summed E-state index contributed by atoms with van der Waals surface area (Å²) in [6.45, 7) is 0.838. The molecule has 0 saturated heterocycles. The van der Waals surface area contributed by atoms with E-state index in [1.165, 1.54) is 12.8 Å². The standard InChI is InChI=1S/C19H25N5O3/c1-24(19(26)21-15-9-5-6-10-15)12-11-16-22-18(27-23-16)17(25)20-13-14-7-3-2-4-8-14/h2-4,7-8,15H,5-6,9-13H2,1H3,(H,20,25)(H,21,26). The topological polar surface area (TPSA) is 100 Å². The number of nitrogens with zero attached hydrogens (tertiary/aromatic N) is 3. The van der Waals surface area contributed by atoms with E-state index in [-0.39, 0.29) is 18.0 Å². The zero-order valence-electron chi connectivity index (χ0n) is 15.5. The molecular formula is C19H25N5O3. The van der Waals surface area contributed by atoms with Gasteiger partial charge < -0.3 is 20.1 Å². The van der Waals surface area contributed by atoms with E-state index >= 15 is 0 Å². The number of likely N-dealkylation sites (N-methyl/N-ethyl adjacent to an activating group) is 1. The maximum atomic E-state index is 12.1. The smallest absolute Gasteiger partial charge is 0.317 e. The number of benzene rings is 1. The van der Waals surface area contributed by atoms with Crippen LogP contribution < -0.4 is 10.6 Å². The highest BCUT2D eigenvalue weighted by molar-refractivity contribution is 5.89. The Morgan fingerprint density at radius 1 is 1.22 bits per heavy atom. The predicted octanol–water partition coefficient (Wildman–Crippen LogP) is 2.13. The quantitative estimate of drug-likeness (QED) is 0.776. The number of hydrogen-bond acceptors (Lipinski definition) is 5. The molecule has 1 aromatic heterocycles. The summed E-state index contributed by atoms with van der Waals surface area (Å²) in [6, 6.07) is 9.77. The second-order valence-corrected chi connectivity index (χ2v) is 6.79. The first-order chi connectivity index (χ1) is 13.1. The largest absolute Gasteiger partial charge is 0.344 e. The van der Waals surface area contributed by atoms with Crippen LogP contribution in [0.1, 0.15) is 47.8 Å². The van der Waals surface area contributed by atoms with Gasteiger partial charge in [-0.2, -0.15) is 4.98 Å². The number of rotatable bonds is 7.